The van der Waals surface area contributed by atoms with Crippen molar-refractivity contribution in [3.05, 3.63) is 29.3 Å². The summed E-state index contributed by atoms with van der Waals surface area (Å²) in [5.41, 5.74) is 3.16. The highest BCUT2D eigenvalue weighted by atomic mass is 16.1. The summed E-state index contributed by atoms with van der Waals surface area (Å²) in [6, 6.07) is 6.27. The highest BCUT2D eigenvalue weighted by molar-refractivity contribution is 5.96. The predicted octanol–water partition coefficient (Wildman–Crippen LogP) is 3.35. The van der Waals surface area contributed by atoms with Crippen LogP contribution in [0.2, 0.25) is 0 Å². The minimum absolute atomic E-state index is 0.0510. The maximum atomic E-state index is 12.2. The Bertz CT molecular complexity index is 480. The summed E-state index contributed by atoms with van der Waals surface area (Å²) in [7, 11) is 0. The first kappa shape index (κ1) is 13.9. The molecule has 1 saturated carbocycles. The molecular weight excluding hydrogens is 236 g/mol. The van der Waals surface area contributed by atoms with Crippen LogP contribution in [-0.4, -0.2) is 18.5 Å². The zero-order chi connectivity index (χ0) is 14.0. The number of anilines is 1. The molecule has 1 fully saturated rings. The minimum atomic E-state index is 0.0510. The van der Waals surface area contributed by atoms with E-state index in [2.05, 4.69) is 31.4 Å². The van der Waals surface area contributed by atoms with Gasteiger partial charge in [-0.3, -0.25) is 4.79 Å². The first-order valence-electron chi connectivity index (χ1n) is 7.09. The molecule has 1 aliphatic rings. The quantitative estimate of drug-likeness (QED) is 0.852. The summed E-state index contributed by atoms with van der Waals surface area (Å²) in [6.07, 6.45) is 2.17. The lowest BCUT2D eigenvalue weighted by Gasteiger charge is -2.11. The van der Waals surface area contributed by atoms with Crippen LogP contribution in [0.3, 0.4) is 0 Å². The Balaban J connectivity index is 2.02. The van der Waals surface area contributed by atoms with Crippen molar-refractivity contribution in [1.82, 2.24) is 5.32 Å². The van der Waals surface area contributed by atoms with Crippen LogP contribution in [0, 0.1) is 12.3 Å². The molecule has 104 valence electrons. The molecule has 19 heavy (non-hydrogen) atoms. The molecule has 0 spiro atoms. The van der Waals surface area contributed by atoms with Crippen LogP contribution >= 0.6 is 0 Å². The smallest absolute Gasteiger partial charge is 0.251 e. The summed E-state index contributed by atoms with van der Waals surface area (Å²) >= 11 is 0. The average Bonchev–Trinajstić information content (AvgIpc) is 2.93. The van der Waals surface area contributed by atoms with Gasteiger partial charge in [-0.1, -0.05) is 20.8 Å². The van der Waals surface area contributed by atoms with E-state index in [0.29, 0.717) is 6.04 Å². The molecule has 1 atom stereocenters. The van der Waals surface area contributed by atoms with Crippen LogP contribution in [-0.2, 0) is 0 Å². The number of rotatable bonds is 5. The molecule has 1 aromatic carbocycles. The molecule has 2 rings (SSSR count). The van der Waals surface area contributed by atoms with E-state index in [1.807, 2.05) is 25.1 Å². The molecule has 2 N–H and O–H groups in total. The third-order valence-corrected chi connectivity index (χ3v) is 3.87. The van der Waals surface area contributed by atoms with Gasteiger partial charge in [0.05, 0.1) is 0 Å². The van der Waals surface area contributed by atoms with Gasteiger partial charge in [0, 0.05) is 23.8 Å². The molecule has 3 heteroatoms. The SMILES string of the molecule is CCCNc1ccc(C(=O)NC2CC2(C)C)c(C)c1. The van der Waals surface area contributed by atoms with Crippen molar-refractivity contribution in [1.29, 1.82) is 0 Å². The van der Waals surface area contributed by atoms with Crippen molar-refractivity contribution in [3.8, 4) is 0 Å². The molecule has 0 heterocycles. The van der Waals surface area contributed by atoms with Gasteiger partial charge in [-0.2, -0.15) is 0 Å². The number of hydrogen-bond acceptors (Lipinski definition) is 2. The lowest BCUT2D eigenvalue weighted by Crippen LogP contribution is -2.28. The molecule has 1 unspecified atom stereocenters. The van der Waals surface area contributed by atoms with Crippen LogP contribution in [0.1, 0.15) is 49.5 Å². The number of carbonyl (C=O) groups is 1. The second-order valence-corrected chi connectivity index (χ2v) is 6.18. The Kier molecular flexibility index (Phi) is 3.83. The second-order valence-electron chi connectivity index (χ2n) is 6.18. The summed E-state index contributed by atoms with van der Waals surface area (Å²) in [6.45, 7) is 9.45. The fourth-order valence-electron chi connectivity index (χ4n) is 2.25. The number of amides is 1. The van der Waals surface area contributed by atoms with Crippen molar-refractivity contribution >= 4 is 11.6 Å². The third-order valence-electron chi connectivity index (χ3n) is 3.87. The van der Waals surface area contributed by atoms with E-state index in [9.17, 15) is 4.79 Å². The second kappa shape index (κ2) is 5.24. The molecule has 3 nitrogen and oxygen atoms in total. The lowest BCUT2D eigenvalue weighted by atomic mass is 10.1. The maximum absolute atomic E-state index is 12.2. The highest BCUT2D eigenvalue weighted by Crippen LogP contribution is 2.44. The van der Waals surface area contributed by atoms with Gasteiger partial charge >= 0.3 is 0 Å². The van der Waals surface area contributed by atoms with Gasteiger partial charge in [-0.05, 0) is 48.9 Å². The number of hydrogen-bond donors (Lipinski definition) is 2. The Labute approximate surface area is 115 Å². The molecule has 0 saturated heterocycles. The van der Waals surface area contributed by atoms with E-state index < -0.39 is 0 Å². The normalized spacial score (nSPS) is 19.9. The fourth-order valence-corrected chi connectivity index (χ4v) is 2.25. The van der Waals surface area contributed by atoms with Crippen LogP contribution in [0.4, 0.5) is 5.69 Å². The van der Waals surface area contributed by atoms with Crippen LogP contribution in [0.15, 0.2) is 18.2 Å². The molecule has 0 bridgehead atoms. The van der Waals surface area contributed by atoms with Gasteiger partial charge in [0.2, 0.25) is 0 Å². The number of benzene rings is 1. The van der Waals surface area contributed by atoms with Crippen LogP contribution in [0.5, 0.6) is 0 Å². The van der Waals surface area contributed by atoms with Gasteiger partial charge in [0.25, 0.3) is 5.91 Å². The van der Waals surface area contributed by atoms with E-state index in [4.69, 9.17) is 0 Å². The Hall–Kier alpha value is -1.51. The van der Waals surface area contributed by atoms with E-state index in [1.165, 1.54) is 0 Å². The highest BCUT2D eigenvalue weighted by Gasteiger charge is 2.46. The van der Waals surface area contributed by atoms with Gasteiger partial charge in [0.1, 0.15) is 0 Å². The Morgan fingerprint density at radius 2 is 2.11 bits per heavy atom. The summed E-state index contributed by atoms with van der Waals surface area (Å²) < 4.78 is 0. The van der Waals surface area contributed by atoms with Gasteiger partial charge < -0.3 is 10.6 Å². The zero-order valence-electron chi connectivity index (χ0n) is 12.3. The zero-order valence-corrected chi connectivity index (χ0v) is 12.3. The predicted molar refractivity (Wildman–Crippen MR) is 79.6 cm³/mol. The number of aryl methyl sites for hydroxylation is 1. The lowest BCUT2D eigenvalue weighted by molar-refractivity contribution is 0.0946. The summed E-state index contributed by atoms with van der Waals surface area (Å²) in [5, 5.41) is 6.44. The number of nitrogens with one attached hydrogen (secondary N) is 2. The van der Waals surface area contributed by atoms with Crippen LogP contribution in [0.25, 0.3) is 0 Å². The Morgan fingerprint density at radius 1 is 1.42 bits per heavy atom. The van der Waals surface area contributed by atoms with E-state index in [1.54, 1.807) is 0 Å². The largest absolute Gasteiger partial charge is 0.385 e. The van der Waals surface area contributed by atoms with Crippen LogP contribution < -0.4 is 10.6 Å². The summed E-state index contributed by atoms with van der Waals surface area (Å²) in [5.74, 6) is 0.0510. The molecule has 1 aliphatic carbocycles. The van der Waals surface area contributed by atoms with Gasteiger partial charge in [-0.25, -0.2) is 0 Å². The fraction of sp³-hybridized carbons (Fsp3) is 0.562. The third kappa shape index (κ3) is 3.28. The molecule has 1 amide bonds. The molecule has 0 aromatic heterocycles. The Morgan fingerprint density at radius 3 is 2.63 bits per heavy atom. The van der Waals surface area contributed by atoms with E-state index in [0.717, 1.165) is 36.2 Å². The maximum Gasteiger partial charge on any atom is 0.251 e. The molecular formula is C16H24N2O. The number of carbonyl (C=O) groups excluding carboxylic acids is 1. The monoisotopic (exact) mass is 260 g/mol. The van der Waals surface area contributed by atoms with Crippen molar-refractivity contribution < 1.29 is 4.79 Å². The first-order chi connectivity index (χ1) is 8.94. The van der Waals surface area contributed by atoms with Crippen molar-refractivity contribution in [2.45, 2.75) is 46.6 Å². The molecule has 0 radical (unpaired) electrons. The molecule has 1 aromatic rings. The van der Waals surface area contributed by atoms with Gasteiger partial charge in [0.15, 0.2) is 0 Å². The molecule has 0 aliphatic heterocycles. The average molecular weight is 260 g/mol. The van der Waals surface area contributed by atoms with Crippen molar-refractivity contribution in [3.63, 3.8) is 0 Å². The van der Waals surface area contributed by atoms with Gasteiger partial charge in [-0.15, -0.1) is 0 Å². The van der Waals surface area contributed by atoms with E-state index >= 15 is 0 Å². The summed E-state index contributed by atoms with van der Waals surface area (Å²) in [4.78, 5) is 12.2. The topological polar surface area (TPSA) is 41.1 Å². The minimum Gasteiger partial charge on any atom is -0.385 e. The standard InChI is InChI=1S/C16H24N2O/c1-5-8-17-12-6-7-13(11(2)9-12)15(19)18-14-10-16(14,3)4/h6-7,9,14,17H,5,8,10H2,1-4H3,(H,18,19). The van der Waals surface area contributed by atoms with Crippen molar-refractivity contribution in [2.24, 2.45) is 5.41 Å². The first-order valence-corrected chi connectivity index (χ1v) is 7.09. The van der Waals surface area contributed by atoms with E-state index in [-0.39, 0.29) is 11.3 Å². The van der Waals surface area contributed by atoms with Crippen molar-refractivity contribution in [2.75, 3.05) is 11.9 Å².